The van der Waals surface area contributed by atoms with Gasteiger partial charge >= 0.3 is 12.3 Å². The van der Waals surface area contributed by atoms with Crippen molar-refractivity contribution >= 4 is 11.7 Å². The van der Waals surface area contributed by atoms with Gasteiger partial charge in [0, 0.05) is 6.07 Å². The molecule has 0 aliphatic heterocycles. The number of hydrogen-bond acceptors (Lipinski definition) is 4. The third-order valence-corrected chi connectivity index (χ3v) is 1.89. The van der Waals surface area contributed by atoms with Crippen LogP contribution in [0.5, 0.6) is 0 Å². The van der Waals surface area contributed by atoms with Gasteiger partial charge in [0.15, 0.2) is 0 Å². The van der Waals surface area contributed by atoms with Gasteiger partial charge < -0.3 is 10.5 Å². The van der Waals surface area contributed by atoms with Gasteiger partial charge in [-0.05, 0) is 6.07 Å². The maximum absolute atomic E-state index is 13.2. The minimum Gasteiger partial charge on any atom is -0.460 e. The molecule has 0 aliphatic carbocycles. The van der Waals surface area contributed by atoms with Crippen LogP contribution >= 0.6 is 0 Å². The Bertz CT molecular complexity index is 475. The number of hydrogen-bond donors (Lipinski definition) is 1. The van der Waals surface area contributed by atoms with E-state index in [4.69, 9.17) is 5.73 Å². The van der Waals surface area contributed by atoms with Crippen molar-refractivity contribution < 1.29 is 36.2 Å². The summed E-state index contributed by atoms with van der Waals surface area (Å²) in [7, 11) is 0. The first-order valence-corrected chi connectivity index (χ1v) is 4.83. The van der Waals surface area contributed by atoms with E-state index in [9.17, 15) is 26.7 Å². The quantitative estimate of drug-likeness (QED) is 0.399. The molecule has 0 bridgehead atoms. The Labute approximate surface area is 103 Å². The van der Waals surface area contributed by atoms with Gasteiger partial charge in [-0.15, -0.1) is 13.2 Å². The summed E-state index contributed by atoms with van der Waals surface area (Å²) in [6, 6.07) is 1.07. The van der Waals surface area contributed by atoms with Crippen molar-refractivity contribution in [1.29, 1.82) is 0 Å². The van der Waals surface area contributed by atoms with Crippen molar-refractivity contribution in [3.05, 3.63) is 29.3 Å². The summed E-state index contributed by atoms with van der Waals surface area (Å²) in [5.74, 6) is -3.56. The zero-order valence-electron chi connectivity index (χ0n) is 9.26. The fraction of sp³-hybridized carbons (Fsp3) is 0.300. The van der Waals surface area contributed by atoms with Crippen molar-refractivity contribution in [2.45, 2.75) is 6.36 Å². The Kier molecular flexibility index (Phi) is 4.65. The number of ether oxygens (including phenoxy) is 2. The van der Waals surface area contributed by atoms with Gasteiger partial charge in [-0.1, -0.05) is 0 Å². The van der Waals surface area contributed by atoms with Crippen LogP contribution in [0.1, 0.15) is 10.4 Å². The van der Waals surface area contributed by atoms with Gasteiger partial charge in [0.1, 0.15) is 18.2 Å². The van der Waals surface area contributed by atoms with E-state index in [1.807, 2.05) is 0 Å². The number of carbonyl (C=O) groups is 1. The van der Waals surface area contributed by atoms with Gasteiger partial charge in [0.05, 0.1) is 17.9 Å². The lowest BCUT2D eigenvalue weighted by Crippen LogP contribution is -2.19. The zero-order valence-corrected chi connectivity index (χ0v) is 9.26. The van der Waals surface area contributed by atoms with Crippen molar-refractivity contribution in [1.82, 2.24) is 0 Å². The highest BCUT2D eigenvalue weighted by Crippen LogP contribution is 2.18. The summed E-state index contributed by atoms with van der Waals surface area (Å²) in [6.07, 6.45) is -4.85. The molecule has 0 radical (unpaired) electrons. The molecule has 0 amide bonds. The van der Waals surface area contributed by atoms with Crippen LogP contribution in [-0.4, -0.2) is 25.5 Å². The minimum absolute atomic E-state index is 0.373. The molecular formula is C10H8F5NO3. The van der Waals surface area contributed by atoms with Crippen molar-refractivity contribution in [3.8, 4) is 0 Å². The number of benzene rings is 1. The normalized spacial score (nSPS) is 11.4. The number of rotatable bonds is 4. The van der Waals surface area contributed by atoms with Gasteiger partial charge in [-0.3, -0.25) is 4.74 Å². The maximum atomic E-state index is 13.2. The Morgan fingerprint density at radius 2 is 1.79 bits per heavy atom. The van der Waals surface area contributed by atoms with Crippen molar-refractivity contribution in [2.24, 2.45) is 0 Å². The number of alkyl halides is 3. The Morgan fingerprint density at radius 3 is 2.37 bits per heavy atom. The lowest BCUT2D eigenvalue weighted by molar-refractivity contribution is -0.326. The minimum atomic E-state index is -4.85. The summed E-state index contributed by atoms with van der Waals surface area (Å²) in [5.41, 5.74) is 3.96. The third-order valence-electron chi connectivity index (χ3n) is 1.89. The van der Waals surface area contributed by atoms with Gasteiger partial charge in [0.2, 0.25) is 0 Å². The second-order valence-electron chi connectivity index (χ2n) is 3.28. The Balaban J connectivity index is 2.57. The fourth-order valence-corrected chi connectivity index (χ4v) is 1.09. The predicted octanol–water partition coefficient (Wildman–Crippen LogP) is 2.24. The largest absolute Gasteiger partial charge is 0.522 e. The molecule has 0 saturated carbocycles. The predicted molar refractivity (Wildman–Crippen MR) is 53.1 cm³/mol. The summed E-state index contributed by atoms with van der Waals surface area (Å²) in [5, 5.41) is 0. The van der Waals surface area contributed by atoms with Gasteiger partial charge in [-0.25, -0.2) is 13.6 Å². The molecule has 0 saturated heterocycles. The van der Waals surface area contributed by atoms with Crippen molar-refractivity contribution in [2.75, 3.05) is 18.9 Å². The second kappa shape index (κ2) is 5.83. The monoisotopic (exact) mass is 285 g/mol. The molecule has 0 atom stereocenters. The van der Waals surface area contributed by atoms with Crippen LogP contribution in [0, 0.1) is 11.6 Å². The van der Waals surface area contributed by atoms with E-state index in [-0.39, 0.29) is 0 Å². The van der Waals surface area contributed by atoms with Crippen LogP contribution in [-0.2, 0) is 9.47 Å². The number of nitrogens with two attached hydrogens (primary N) is 1. The lowest BCUT2D eigenvalue weighted by Gasteiger charge is -2.09. The average Bonchev–Trinajstić information content (AvgIpc) is 2.28. The topological polar surface area (TPSA) is 61.6 Å². The van der Waals surface area contributed by atoms with E-state index in [0.717, 1.165) is 0 Å². The fourth-order valence-electron chi connectivity index (χ4n) is 1.09. The van der Waals surface area contributed by atoms with Crippen LogP contribution in [0.4, 0.5) is 27.6 Å². The molecule has 4 nitrogen and oxygen atoms in total. The zero-order chi connectivity index (χ0) is 14.6. The maximum Gasteiger partial charge on any atom is 0.522 e. The summed E-state index contributed by atoms with van der Waals surface area (Å²) >= 11 is 0. The average molecular weight is 285 g/mol. The molecule has 9 heteroatoms. The molecule has 1 aromatic rings. The SMILES string of the molecule is Nc1cc(C(=O)OCCOC(F)(F)F)c(F)cc1F. The molecule has 0 aromatic heterocycles. The first-order chi connectivity index (χ1) is 8.70. The molecule has 106 valence electrons. The van der Waals surface area contributed by atoms with E-state index in [1.165, 1.54) is 0 Å². The second-order valence-corrected chi connectivity index (χ2v) is 3.28. The smallest absolute Gasteiger partial charge is 0.460 e. The third kappa shape index (κ3) is 4.70. The van der Waals surface area contributed by atoms with Crippen molar-refractivity contribution in [3.63, 3.8) is 0 Å². The van der Waals surface area contributed by atoms with Gasteiger partial charge in [-0.2, -0.15) is 0 Å². The van der Waals surface area contributed by atoms with E-state index >= 15 is 0 Å². The van der Waals surface area contributed by atoms with Gasteiger partial charge in [0.25, 0.3) is 0 Å². The molecule has 19 heavy (non-hydrogen) atoms. The standard InChI is InChI=1S/C10H8F5NO3/c11-6-4-7(12)8(16)3-5(6)9(17)18-1-2-19-10(13,14)15/h3-4H,1-2,16H2. The highest BCUT2D eigenvalue weighted by atomic mass is 19.4. The van der Waals surface area contributed by atoms with E-state index < -0.39 is 48.4 Å². The summed E-state index contributed by atoms with van der Waals surface area (Å²) in [6.45, 7) is -1.68. The summed E-state index contributed by atoms with van der Waals surface area (Å²) < 4.78 is 68.4. The Morgan fingerprint density at radius 1 is 1.16 bits per heavy atom. The molecule has 0 aliphatic rings. The van der Waals surface area contributed by atoms with Crippen LogP contribution in [0.3, 0.4) is 0 Å². The molecule has 0 unspecified atom stereocenters. The highest BCUT2D eigenvalue weighted by Gasteiger charge is 2.29. The van der Waals surface area contributed by atoms with Crippen LogP contribution in [0.25, 0.3) is 0 Å². The number of halogens is 5. The number of esters is 1. The van der Waals surface area contributed by atoms with E-state index in [1.54, 1.807) is 0 Å². The molecular weight excluding hydrogens is 277 g/mol. The van der Waals surface area contributed by atoms with E-state index in [2.05, 4.69) is 9.47 Å². The highest BCUT2D eigenvalue weighted by molar-refractivity contribution is 5.90. The number of carbonyl (C=O) groups excluding carboxylic acids is 1. The summed E-state index contributed by atoms with van der Waals surface area (Å²) in [4.78, 5) is 11.3. The van der Waals surface area contributed by atoms with Crippen LogP contribution < -0.4 is 5.73 Å². The first kappa shape index (κ1) is 15.2. The Hall–Kier alpha value is -1.90. The molecule has 0 spiro atoms. The number of nitrogen functional groups attached to an aromatic ring is 1. The van der Waals surface area contributed by atoms with E-state index in [0.29, 0.717) is 12.1 Å². The molecule has 0 heterocycles. The van der Waals surface area contributed by atoms with Crippen LogP contribution in [0.15, 0.2) is 12.1 Å². The molecule has 1 rings (SSSR count). The molecule has 0 fully saturated rings. The number of anilines is 1. The molecule has 2 N–H and O–H groups in total. The lowest BCUT2D eigenvalue weighted by atomic mass is 10.2. The molecule has 1 aromatic carbocycles. The van der Waals surface area contributed by atoms with Crippen LogP contribution in [0.2, 0.25) is 0 Å². The first-order valence-electron chi connectivity index (χ1n) is 4.83.